The van der Waals surface area contributed by atoms with Gasteiger partial charge < -0.3 is 5.32 Å². The Hall–Kier alpha value is -0.600. The lowest BCUT2D eigenvalue weighted by Gasteiger charge is -2.21. The molecule has 0 radical (unpaired) electrons. The van der Waals surface area contributed by atoms with Crippen molar-refractivity contribution < 1.29 is 4.39 Å². The summed E-state index contributed by atoms with van der Waals surface area (Å²) in [6.45, 7) is 7.54. The zero-order valence-electron chi connectivity index (χ0n) is 11.5. The van der Waals surface area contributed by atoms with E-state index in [1.807, 2.05) is 6.07 Å². The van der Waals surface area contributed by atoms with Gasteiger partial charge in [-0.1, -0.05) is 44.9 Å². The molecule has 0 fully saturated rings. The van der Waals surface area contributed by atoms with E-state index in [2.05, 4.69) is 26.1 Å². The Labute approximate surface area is 115 Å². The fraction of sp³-hybridized carbons (Fsp3) is 0.600. The maximum absolute atomic E-state index is 13.1. The highest BCUT2D eigenvalue weighted by Gasteiger charge is 2.12. The standard InChI is InChI=1S/C15H23ClFN/c1-4-11(3)8-13(18-5-2)9-12-6-7-15(17)14(16)10-12/h6-7,10-11,13,18H,4-5,8-9H2,1-3H3. The number of halogens is 2. The van der Waals surface area contributed by atoms with E-state index in [4.69, 9.17) is 11.6 Å². The molecule has 0 heterocycles. The van der Waals surface area contributed by atoms with Crippen LogP contribution in [0.15, 0.2) is 18.2 Å². The molecular formula is C15H23ClFN. The lowest BCUT2D eigenvalue weighted by molar-refractivity contribution is 0.397. The first kappa shape index (κ1) is 15.5. The molecule has 0 aliphatic carbocycles. The molecular weight excluding hydrogens is 249 g/mol. The van der Waals surface area contributed by atoms with Gasteiger partial charge in [-0.05, 0) is 43.0 Å². The van der Waals surface area contributed by atoms with E-state index in [0.717, 1.165) is 24.9 Å². The van der Waals surface area contributed by atoms with Crippen LogP contribution in [0.4, 0.5) is 4.39 Å². The van der Waals surface area contributed by atoms with Crippen LogP contribution in [0.3, 0.4) is 0 Å². The van der Waals surface area contributed by atoms with Crippen molar-refractivity contribution in [3.05, 3.63) is 34.6 Å². The van der Waals surface area contributed by atoms with Gasteiger partial charge in [-0.15, -0.1) is 0 Å². The molecule has 2 unspecified atom stereocenters. The summed E-state index contributed by atoms with van der Waals surface area (Å²) in [6, 6.07) is 5.44. The van der Waals surface area contributed by atoms with E-state index in [0.29, 0.717) is 12.0 Å². The number of rotatable bonds is 7. The molecule has 0 bridgehead atoms. The Morgan fingerprint density at radius 2 is 2.06 bits per heavy atom. The van der Waals surface area contributed by atoms with E-state index in [-0.39, 0.29) is 10.8 Å². The van der Waals surface area contributed by atoms with Gasteiger partial charge in [0.1, 0.15) is 5.82 Å². The predicted molar refractivity (Wildman–Crippen MR) is 76.7 cm³/mol. The molecule has 1 aromatic carbocycles. The second-order valence-corrected chi connectivity index (χ2v) is 5.36. The minimum atomic E-state index is -0.345. The molecule has 1 aromatic rings. The van der Waals surface area contributed by atoms with E-state index < -0.39 is 0 Å². The van der Waals surface area contributed by atoms with Crippen LogP contribution < -0.4 is 5.32 Å². The van der Waals surface area contributed by atoms with Crippen molar-refractivity contribution in [3.8, 4) is 0 Å². The van der Waals surface area contributed by atoms with Crippen molar-refractivity contribution in [3.63, 3.8) is 0 Å². The summed E-state index contributed by atoms with van der Waals surface area (Å²) in [5.74, 6) is 0.354. The number of hydrogen-bond donors (Lipinski definition) is 1. The first-order valence-corrected chi connectivity index (χ1v) is 7.11. The lowest BCUT2D eigenvalue weighted by atomic mass is 9.94. The fourth-order valence-electron chi connectivity index (χ4n) is 2.13. The molecule has 0 aliphatic heterocycles. The van der Waals surface area contributed by atoms with E-state index in [9.17, 15) is 4.39 Å². The van der Waals surface area contributed by atoms with Crippen molar-refractivity contribution in [2.45, 2.75) is 46.1 Å². The Morgan fingerprint density at radius 1 is 1.33 bits per heavy atom. The lowest BCUT2D eigenvalue weighted by Crippen LogP contribution is -2.32. The highest BCUT2D eigenvalue weighted by molar-refractivity contribution is 6.30. The molecule has 2 atom stereocenters. The Kier molecular flexibility index (Phi) is 6.66. The Morgan fingerprint density at radius 3 is 2.61 bits per heavy atom. The third-order valence-corrected chi connectivity index (χ3v) is 3.63. The highest BCUT2D eigenvalue weighted by atomic mass is 35.5. The molecule has 0 amide bonds. The molecule has 1 N–H and O–H groups in total. The largest absolute Gasteiger partial charge is 0.314 e. The van der Waals surface area contributed by atoms with E-state index in [1.165, 1.54) is 12.5 Å². The SMILES string of the molecule is CCNC(Cc1ccc(F)c(Cl)c1)CC(C)CC. The zero-order valence-corrected chi connectivity index (χ0v) is 12.2. The molecule has 0 saturated carbocycles. The Balaban J connectivity index is 2.66. The number of hydrogen-bond acceptors (Lipinski definition) is 1. The summed E-state index contributed by atoms with van der Waals surface area (Å²) >= 11 is 5.81. The van der Waals surface area contributed by atoms with Crippen molar-refractivity contribution >= 4 is 11.6 Å². The highest BCUT2D eigenvalue weighted by Crippen LogP contribution is 2.19. The molecule has 1 nitrogen and oxygen atoms in total. The van der Waals surface area contributed by atoms with Crippen LogP contribution >= 0.6 is 11.6 Å². The van der Waals surface area contributed by atoms with Gasteiger partial charge in [-0.3, -0.25) is 0 Å². The first-order chi connectivity index (χ1) is 8.56. The number of nitrogens with one attached hydrogen (secondary N) is 1. The van der Waals surface area contributed by atoms with Gasteiger partial charge in [0.2, 0.25) is 0 Å². The van der Waals surface area contributed by atoms with Gasteiger partial charge in [-0.25, -0.2) is 4.39 Å². The fourth-order valence-corrected chi connectivity index (χ4v) is 2.33. The molecule has 18 heavy (non-hydrogen) atoms. The van der Waals surface area contributed by atoms with Crippen molar-refractivity contribution in [2.75, 3.05) is 6.54 Å². The zero-order chi connectivity index (χ0) is 13.5. The minimum Gasteiger partial charge on any atom is -0.314 e. The van der Waals surface area contributed by atoms with Gasteiger partial charge >= 0.3 is 0 Å². The topological polar surface area (TPSA) is 12.0 Å². The summed E-state index contributed by atoms with van der Waals surface area (Å²) in [7, 11) is 0. The molecule has 3 heteroatoms. The minimum absolute atomic E-state index is 0.214. The third kappa shape index (κ3) is 4.95. The second kappa shape index (κ2) is 7.75. The van der Waals surface area contributed by atoms with E-state index in [1.54, 1.807) is 6.07 Å². The van der Waals surface area contributed by atoms with Crippen molar-refractivity contribution in [2.24, 2.45) is 5.92 Å². The van der Waals surface area contributed by atoms with Gasteiger partial charge in [0.15, 0.2) is 0 Å². The number of benzene rings is 1. The predicted octanol–water partition coefficient (Wildman–Crippen LogP) is 4.44. The first-order valence-electron chi connectivity index (χ1n) is 6.74. The van der Waals surface area contributed by atoms with Gasteiger partial charge in [-0.2, -0.15) is 0 Å². The van der Waals surface area contributed by atoms with Gasteiger partial charge in [0.25, 0.3) is 0 Å². The van der Waals surface area contributed by atoms with Gasteiger partial charge in [0.05, 0.1) is 5.02 Å². The number of likely N-dealkylation sites (N-methyl/N-ethyl adjacent to an activating group) is 1. The molecule has 0 saturated heterocycles. The van der Waals surface area contributed by atoms with Crippen LogP contribution in [-0.2, 0) is 6.42 Å². The average molecular weight is 272 g/mol. The summed E-state index contributed by atoms with van der Waals surface area (Å²) in [5, 5.41) is 3.71. The summed E-state index contributed by atoms with van der Waals surface area (Å²) < 4.78 is 13.1. The van der Waals surface area contributed by atoms with Crippen LogP contribution in [0.2, 0.25) is 5.02 Å². The Bertz CT molecular complexity index is 368. The molecule has 0 spiro atoms. The van der Waals surface area contributed by atoms with Crippen molar-refractivity contribution in [1.29, 1.82) is 0 Å². The normalized spacial score (nSPS) is 14.5. The average Bonchev–Trinajstić information content (AvgIpc) is 2.34. The second-order valence-electron chi connectivity index (χ2n) is 4.96. The smallest absolute Gasteiger partial charge is 0.141 e. The summed E-state index contributed by atoms with van der Waals surface area (Å²) in [6.07, 6.45) is 3.23. The van der Waals surface area contributed by atoms with E-state index >= 15 is 0 Å². The quantitative estimate of drug-likeness (QED) is 0.773. The third-order valence-electron chi connectivity index (χ3n) is 3.34. The molecule has 0 aromatic heterocycles. The molecule has 1 rings (SSSR count). The van der Waals surface area contributed by atoms with Crippen LogP contribution in [0, 0.1) is 11.7 Å². The summed E-state index contributed by atoms with van der Waals surface area (Å²) in [5.41, 5.74) is 1.09. The van der Waals surface area contributed by atoms with Crippen LogP contribution in [-0.4, -0.2) is 12.6 Å². The summed E-state index contributed by atoms with van der Waals surface area (Å²) in [4.78, 5) is 0. The maximum atomic E-state index is 13.1. The van der Waals surface area contributed by atoms with Crippen LogP contribution in [0.1, 0.15) is 39.2 Å². The van der Waals surface area contributed by atoms with Crippen molar-refractivity contribution in [1.82, 2.24) is 5.32 Å². The maximum Gasteiger partial charge on any atom is 0.141 e. The van der Waals surface area contributed by atoms with Gasteiger partial charge in [0, 0.05) is 6.04 Å². The monoisotopic (exact) mass is 271 g/mol. The van der Waals surface area contributed by atoms with Crippen LogP contribution in [0.5, 0.6) is 0 Å². The molecule has 102 valence electrons. The molecule has 0 aliphatic rings. The van der Waals surface area contributed by atoms with Crippen LogP contribution in [0.25, 0.3) is 0 Å².